The summed E-state index contributed by atoms with van der Waals surface area (Å²) in [4.78, 5) is 1.16. The summed E-state index contributed by atoms with van der Waals surface area (Å²) in [5.74, 6) is 0. The molecule has 1 N–H and O–H groups in total. The summed E-state index contributed by atoms with van der Waals surface area (Å²) in [5.41, 5.74) is 4.54. The highest BCUT2D eigenvalue weighted by Gasteiger charge is 2.17. The topological polar surface area (TPSA) is 50.9 Å². The largest absolute Gasteiger partial charge is 0.390 e. The quantitative estimate of drug-likeness (QED) is 0.750. The fourth-order valence-corrected chi connectivity index (χ4v) is 2.90. The third-order valence-electron chi connectivity index (χ3n) is 3.59. The molecule has 0 radical (unpaired) electrons. The zero-order valence-corrected chi connectivity index (χ0v) is 13.3. The molecule has 112 valence electrons. The van der Waals surface area contributed by atoms with Crippen molar-refractivity contribution in [2.45, 2.75) is 18.4 Å². The van der Waals surface area contributed by atoms with Crippen LogP contribution in [0.3, 0.4) is 0 Å². The van der Waals surface area contributed by atoms with E-state index in [1.165, 1.54) is 0 Å². The van der Waals surface area contributed by atoms with E-state index in [1.54, 1.807) is 16.4 Å². The van der Waals surface area contributed by atoms with Gasteiger partial charge < -0.3 is 5.11 Å². The van der Waals surface area contributed by atoms with Crippen LogP contribution in [-0.2, 0) is 6.61 Å². The maximum atomic E-state index is 9.61. The Morgan fingerprint density at radius 3 is 2.68 bits per heavy atom. The van der Waals surface area contributed by atoms with Gasteiger partial charge in [0.1, 0.15) is 11.4 Å². The van der Waals surface area contributed by atoms with Crippen LogP contribution in [-0.4, -0.2) is 26.4 Å². The second-order valence-corrected chi connectivity index (χ2v) is 5.85. The van der Waals surface area contributed by atoms with Crippen LogP contribution in [0, 0.1) is 6.92 Å². The molecule has 0 atom stereocenters. The van der Waals surface area contributed by atoms with Gasteiger partial charge in [0, 0.05) is 10.5 Å². The van der Waals surface area contributed by atoms with Gasteiger partial charge in [-0.25, -0.2) is 4.68 Å². The number of benzene rings is 2. The van der Waals surface area contributed by atoms with Crippen LogP contribution in [0.2, 0.25) is 0 Å². The number of aliphatic hydroxyl groups is 1. The van der Waals surface area contributed by atoms with Crippen molar-refractivity contribution in [1.82, 2.24) is 15.0 Å². The van der Waals surface area contributed by atoms with Gasteiger partial charge in [-0.1, -0.05) is 35.5 Å². The summed E-state index contributed by atoms with van der Waals surface area (Å²) >= 11 is 1.68. The van der Waals surface area contributed by atoms with Crippen molar-refractivity contribution in [3.63, 3.8) is 0 Å². The van der Waals surface area contributed by atoms with Gasteiger partial charge in [-0.05, 0) is 36.9 Å². The molecule has 3 rings (SSSR count). The Bertz CT molecular complexity index is 798. The molecule has 1 aromatic heterocycles. The van der Waals surface area contributed by atoms with Crippen molar-refractivity contribution in [2.24, 2.45) is 0 Å². The minimum atomic E-state index is -0.133. The van der Waals surface area contributed by atoms with Crippen LogP contribution in [0.15, 0.2) is 53.4 Å². The van der Waals surface area contributed by atoms with Gasteiger partial charge in [-0.2, -0.15) is 0 Å². The number of thioether (sulfide) groups is 1. The Hall–Kier alpha value is -2.11. The SMILES string of the molecule is CSc1cccc(-n2nnc(CO)c2-c2ccccc2C)c1. The maximum absolute atomic E-state index is 9.61. The first kappa shape index (κ1) is 14.8. The number of aliphatic hydroxyl groups excluding tert-OH is 1. The number of hydrogen-bond acceptors (Lipinski definition) is 4. The molecular weight excluding hydrogens is 294 g/mol. The minimum absolute atomic E-state index is 0.133. The molecule has 0 unspecified atom stereocenters. The lowest BCUT2D eigenvalue weighted by molar-refractivity contribution is 0.277. The van der Waals surface area contributed by atoms with E-state index >= 15 is 0 Å². The van der Waals surface area contributed by atoms with Crippen molar-refractivity contribution in [3.05, 3.63) is 59.8 Å². The normalized spacial score (nSPS) is 10.9. The maximum Gasteiger partial charge on any atom is 0.117 e. The Kier molecular flexibility index (Phi) is 4.27. The predicted molar refractivity (Wildman–Crippen MR) is 89.2 cm³/mol. The molecule has 0 aliphatic heterocycles. The standard InChI is InChI=1S/C17H17N3OS/c1-12-6-3-4-9-15(12)17-16(11-21)18-19-20(17)13-7-5-8-14(10-13)22-2/h3-10,21H,11H2,1-2H3. The fourth-order valence-electron chi connectivity index (χ4n) is 2.45. The highest BCUT2D eigenvalue weighted by atomic mass is 32.2. The molecule has 5 heteroatoms. The zero-order valence-electron chi connectivity index (χ0n) is 12.5. The zero-order chi connectivity index (χ0) is 15.5. The number of nitrogens with zero attached hydrogens (tertiary/aromatic N) is 3. The highest BCUT2D eigenvalue weighted by Crippen LogP contribution is 2.29. The molecule has 0 spiro atoms. The van der Waals surface area contributed by atoms with E-state index in [0.29, 0.717) is 5.69 Å². The molecule has 0 saturated heterocycles. The van der Waals surface area contributed by atoms with E-state index in [1.807, 2.05) is 49.6 Å². The molecule has 0 aliphatic carbocycles. The monoisotopic (exact) mass is 311 g/mol. The average Bonchev–Trinajstić information content (AvgIpc) is 2.99. The molecule has 0 aliphatic rings. The van der Waals surface area contributed by atoms with E-state index in [4.69, 9.17) is 0 Å². The number of rotatable bonds is 4. The van der Waals surface area contributed by atoms with E-state index < -0.39 is 0 Å². The van der Waals surface area contributed by atoms with Gasteiger partial charge in [0.15, 0.2) is 0 Å². The smallest absolute Gasteiger partial charge is 0.117 e. The molecule has 0 bridgehead atoms. The lowest BCUT2D eigenvalue weighted by atomic mass is 10.0. The molecule has 22 heavy (non-hydrogen) atoms. The van der Waals surface area contributed by atoms with Gasteiger partial charge in [0.2, 0.25) is 0 Å². The van der Waals surface area contributed by atoms with Crippen molar-refractivity contribution in [2.75, 3.05) is 6.26 Å². The van der Waals surface area contributed by atoms with Crippen LogP contribution < -0.4 is 0 Å². The molecule has 0 saturated carbocycles. The van der Waals surface area contributed by atoms with Crippen molar-refractivity contribution < 1.29 is 5.11 Å². The first-order valence-corrected chi connectivity index (χ1v) is 8.23. The van der Waals surface area contributed by atoms with Gasteiger partial charge in [-0.15, -0.1) is 16.9 Å². The second kappa shape index (κ2) is 6.34. The molecule has 0 amide bonds. The number of aromatic nitrogens is 3. The fraction of sp³-hybridized carbons (Fsp3) is 0.176. The molecule has 3 aromatic rings. The van der Waals surface area contributed by atoms with Gasteiger partial charge in [0.25, 0.3) is 0 Å². The summed E-state index contributed by atoms with van der Waals surface area (Å²) in [7, 11) is 0. The highest BCUT2D eigenvalue weighted by molar-refractivity contribution is 7.98. The average molecular weight is 311 g/mol. The number of hydrogen-bond donors (Lipinski definition) is 1. The van der Waals surface area contributed by atoms with Crippen molar-refractivity contribution in [3.8, 4) is 16.9 Å². The lowest BCUT2D eigenvalue weighted by Gasteiger charge is -2.11. The van der Waals surface area contributed by atoms with E-state index in [0.717, 1.165) is 27.4 Å². The van der Waals surface area contributed by atoms with Crippen LogP contribution in [0.25, 0.3) is 16.9 Å². The van der Waals surface area contributed by atoms with E-state index in [2.05, 4.69) is 22.4 Å². The molecule has 4 nitrogen and oxygen atoms in total. The second-order valence-electron chi connectivity index (χ2n) is 4.97. The summed E-state index contributed by atoms with van der Waals surface area (Å²) in [6.45, 7) is 1.91. The third-order valence-corrected chi connectivity index (χ3v) is 4.31. The van der Waals surface area contributed by atoms with Gasteiger partial charge in [-0.3, -0.25) is 0 Å². The number of aryl methyl sites for hydroxylation is 1. The van der Waals surface area contributed by atoms with Crippen molar-refractivity contribution in [1.29, 1.82) is 0 Å². The van der Waals surface area contributed by atoms with Crippen LogP contribution >= 0.6 is 11.8 Å². The Morgan fingerprint density at radius 2 is 1.95 bits per heavy atom. The summed E-state index contributed by atoms with van der Waals surface area (Å²) in [6, 6.07) is 16.2. The Morgan fingerprint density at radius 1 is 1.14 bits per heavy atom. The molecular formula is C17H17N3OS. The first-order chi connectivity index (χ1) is 10.7. The molecule has 2 aromatic carbocycles. The summed E-state index contributed by atoms with van der Waals surface area (Å²) in [6.07, 6.45) is 2.04. The summed E-state index contributed by atoms with van der Waals surface area (Å²) in [5, 5.41) is 18.0. The van der Waals surface area contributed by atoms with Crippen LogP contribution in [0.1, 0.15) is 11.3 Å². The van der Waals surface area contributed by atoms with Crippen LogP contribution in [0.4, 0.5) is 0 Å². The molecule has 1 heterocycles. The predicted octanol–water partition coefficient (Wildman–Crippen LogP) is 3.46. The van der Waals surface area contributed by atoms with Crippen LogP contribution in [0.5, 0.6) is 0 Å². The van der Waals surface area contributed by atoms with Gasteiger partial charge in [0.05, 0.1) is 12.3 Å². The van der Waals surface area contributed by atoms with Crippen molar-refractivity contribution >= 4 is 11.8 Å². The van der Waals surface area contributed by atoms with Gasteiger partial charge >= 0.3 is 0 Å². The Labute approximate surface area is 133 Å². The lowest BCUT2D eigenvalue weighted by Crippen LogP contribution is -2.01. The minimum Gasteiger partial charge on any atom is -0.390 e. The third kappa shape index (κ3) is 2.65. The van der Waals surface area contributed by atoms with E-state index in [-0.39, 0.29) is 6.61 Å². The summed E-state index contributed by atoms with van der Waals surface area (Å²) < 4.78 is 1.80. The molecule has 0 fully saturated rings. The Balaban J connectivity index is 2.21. The van der Waals surface area contributed by atoms with E-state index in [9.17, 15) is 5.11 Å². The first-order valence-electron chi connectivity index (χ1n) is 7.00.